The molecule has 6 aliphatic rings. The SMILES string of the molecule is CC(C)(C)C1=CC2=CC(c3ccc4c(c3)N(c3ccc(-c5ccccc5)cc3)c3cc(N(c5ccc(-c6ccccc6)cc5)c5ccc(-c6ccccc6)cc5)cc5c3B4c3cc(-c4ccccc4)ccc3N5c3ccc(-c4ccccc4)cc3)=C3C=C(C(C)(C)C)CC4C=CC(=C1)C2C34. The summed E-state index contributed by atoms with van der Waals surface area (Å²) in [5.41, 5.74) is 35.3. The van der Waals surface area contributed by atoms with Crippen molar-refractivity contribution < 1.29 is 0 Å². The lowest BCUT2D eigenvalue weighted by atomic mass is 9.33. The Hall–Kier alpha value is -11.5. The molecule has 0 saturated carbocycles. The smallest absolute Gasteiger partial charge is 0.252 e. The van der Waals surface area contributed by atoms with E-state index in [0.717, 1.165) is 51.9 Å². The van der Waals surface area contributed by atoms with Crippen LogP contribution >= 0.6 is 0 Å². The summed E-state index contributed by atoms with van der Waals surface area (Å²) in [5, 5.41) is 0. The van der Waals surface area contributed by atoms with Crippen molar-refractivity contribution in [3.63, 3.8) is 0 Å². The number of nitrogens with zero attached hydrogens (tertiary/aromatic N) is 3. The molecule has 0 aromatic heterocycles. The van der Waals surface area contributed by atoms with Crippen LogP contribution in [0.1, 0.15) is 53.5 Å². The monoisotopic (exact) mass is 1280 g/mol. The molecule has 12 aromatic rings. The van der Waals surface area contributed by atoms with Crippen LogP contribution in [0.15, 0.2) is 362 Å². The van der Waals surface area contributed by atoms with E-state index in [-0.39, 0.29) is 17.5 Å². The van der Waals surface area contributed by atoms with Crippen molar-refractivity contribution in [3.8, 4) is 55.6 Å². The van der Waals surface area contributed by atoms with Crippen molar-refractivity contribution in [1.29, 1.82) is 0 Å². The van der Waals surface area contributed by atoms with Gasteiger partial charge in [-0.25, -0.2) is 0 Å². The molecule has 18 rings (SSSR count). The number of anilines is 9. The normalized spacial score (nSPS) is 17.1. The average Bonchev–Trinajstić information content (AvgIpc) is 0.693. The van der Waals surface area contributed by atoms with Gasteiger partial charge in [-0.2, -0.15) is 0 Å². The zero-order valence-electron chi connectivity index (χ0n) is 57.6. The standard InChI is InChI=1S/C96H78BN3/c1-95(2,3)77-54-74-32-33-75-55-78(96(4,5)6)60-85-84(57-76(56-77)92(74)93(75)85)73-42-52-86-89(59-73)100(82-50-40-71(41-51-82)66-28-18-10-19-29-66)91-62-83(98(79-44-34-68(35-45-79)63-22-12-7-13-23-63)80-46-36-69(37-47-80)64-24-14-8-15-25-64)61-90-94(91)97(86)87-58-72(67-30-20-11-21-31-67)43-53-88(87)99(90)81-48-38-70(39-49-81)65-26-16-9-17-27-65/h7-54,56-62,75,92-93H,55H2,1-6H3. The molecule has 2 aliphatic heterocycles. The van der Waals surface area contributed by atoms with Crippen LogP contribution in [0.4, 0.5) is 51.2 Å². The van der Waals surface area contributed by atoms with Gasteiger partial charge in [-0.1, -0.05) is 308 Å². The fraction of sp³-hybridized carbons (Fsp3) is 0.125. The molecule has 4 heteroatoms. The van der Waals surface area contributed by atoms with Gasteiger partial charge in [-0.3, -0.25) is 0 Å². The second kappa shape index (κ2) is 24.2. The maximum Gasteiger partial charge on any atom is 0.252 e. The topological polar surface area (TPSA) is 9.72 Å². The van der Waals surface area contributed by atoms with E-state index in [1.54, 1.807) is 0 Å². The van der Waals surface area contributed by atoms with E-state index in [1.807, 2.05) is 0 Å². The number of hydrogen-bond acceptors (Lipinski definition) is 3. The van der Waals surface area contributed by atoms with Crippen LogP contribution in [0.25, 0.3) is 61.2 Å². The van der Waals surface area contributed by atoms with Crippen LogP contribution < -0.4 is 31.1 Å². The van der Waals surface area contributed by atoms with Gasteiger partial charge in [0.1, 0.15) is 0 Å². The molecule has 2 heterocycles. The number of fused-ring (bicyclic) bond motifs is 4. The van der Waals surface area contributed by atoms with E-state index in [2.05, 4.69) is 390 Å². The molecule has 0 amide bonds. The highest BCUT2D eigenvalue weighted by molar-refractivity contribution is 7.00. The van der Waals surface area contributed by atoms with Crippen LogP contribution in [0, 0.1) is 28.6 Å². The van der Waals surface area contributed by atoms with Crippen LogP contribution in [0.2, 0.25) is 0 Å². The largest absolute Gasteiger partial charge is 0.311 e. The summed E-state index contributed by atoms with van der Waals surface area (Å²) >= 11 is 0. The molecule has 3 atom stereocenters. The second-order valence-corrected chi connectivity index (χ2v) is 30.1. The van der Waals surface area contributed by atoms with Gasteiger partial charge in [0.2, 0.25) is 0 Å². The van der Waals surface area contributed by atoms with Crippen LogP contribution in [0.5, 0.6) is 0 Å². The summed E-state index contributed by atoms with van der Waals surface area (Å²) in [7, 11) is 0. The van der Waals surface area contributed by atoms with Crippen LogP contribution in [0.3, 0.4) is 0 Å². The number of benzene rings is 12. The zero-order chi connectivity index (χ0) is 67.4. The summed E-state index contributed by atoms with van der Waals surface area (Å²) in [6.07, 6.45) is 16.5. The fourth-order valence-electron chi connectivity index (χ4n) is 16.8. The average molecular weight is 1280 g/mol. The summed E-state index contributed by atoms with van der Waals surface area (Å²) < 4.78 is 0. The molecular weight excluding hydrogens is 1210 g/mol. The lowest BCUT2D eigenvalue weighted by Crippen LogP contribution is -2.61. The third kappa shape index (κ3) is 10.7. The molecule has 12 aromatic carbocycles. The first-order chi connectivity index (χ1) is 48.8. The van der Waals surface area contributed by atoms with E-state index < -0.39 is 0 Å². The predicted molar refractivity (Wildman–Crippen MR) is 425 cm³/mol. The Bertz CT molecular complexity index is 5280. The van der Waals surface area contributed by atoms with Crippen molar-refractivity contribution >= 4 is 79.9 Å². The lowest BCUT2D eigenvalue weighted by molar-refractivity contribution is 0.329. The fourth-order valence-corrected chi connectivity index (χ4v) is 16.8. The minimum absolute atomic E-state index is 0.00707. The summed E-state index contributed by atoms with van der Waals surface area (Å²) in [6, 6.07) is 111. The molecule has 0 N–H and O–H groups in total. The minimum atomic E-state index is -0.171. The Labute approximate surface area is 590 Å². The highest BCUT2D eigenvalue weighted by Gasteiger charge is 2.48. The van der Waals surface area contributed by atoms with Gasteiger partial charge in [-0.15, -0.1) is 0 Å². The summed E-state index contributed by atoms with van der Waals surface area (Å²) in [5.74, 6) is 1.02. The van der Waals surface area contributed by atoms with Crippen molar-refractivity contribution in [1.82, 2.24) is 0 Å². The van der Waals surface area contributed by atoms with Crippen molar-refractivity contribution in [3.05, 3.63) is 367 Å². The highest BCUT2D eigenvalue weighted by Crippen LogP contribution is 2.58. The van der Waals surface area contributed by atoms with Gasteiger partial charge >= 0.3 is 0 Å². The third-order valence-corrected chi connectivity index (χ3v) is 22.0. The molecule has 0 spiro atoms. The number of allylic oxidation sites excluding steroid dienone is 12. The zero-order valence-corrected chi connectivity index (χ0v) is 57.6. The quantitative estimate of drug-likeness (QED) is 0.120. The first-order valence-electron chi connectivity index (χ1n) is 35.7. The summed E-state index contributed by atoms with van der Waals surface area (Å²) in [4.78, 5) is 7.70. The predicted octanol–water partition coefficient (Wildman–Crippen LogP) is 24.0. The maximum atomic E-state index is 2.65. The molecule has 0 bridgehead atoms. The molecule has 480 valence electrons. The van der Waals surface area contributed by atoms with Gasteiger partial charge in [0.25, 0.3) is 6.71 Å². The van der Waals surface area contributed by atoms with Crippen molar-refractivity contribution in [2.45, 2.75) is 48.0 Å². The third-order valence-electron chi connectivity index (χ3n) is 22.0. The first kappa shape index (κ1) is 60.9. The minimum Gasteiger partial charge on any atom is -0.311 e. The van der Waals surface area contributed by atoms with Gasteiger partial charge in [0, 0.05) is 57.3 Å². The molecule has 0 saturated heterocycles. The molecule has 3 nitrogen and oxygen atoms in total. The lowest BCUT2D eigenvalue weighted by Gasteiger charge is -2.48. The Morgan fingerprint density at radius 1 is 0.350 bits per heavy atom. The Kier molecular flexibility index (Phi) is 14.8. The van der Waals surface area contributed by atoms with E-state index >= 15 is 0 Å². The van der Waals surface area contributed by atoms with E-state index in [4.69, 9.17) is 0 Å². The van der Waals surface area contributed by atoms with E-state index in [1.165, 1.54) is 117 Å². The molecule has 100 heavy (non-hydrogen) atoms. The number of rotatable bonds is 11. The maximum absolute atomic E-state index is 2.65. The van der Waals surface area contributed by atoms with E-state index in [0.29, 0.717) is 17.8 Å². The Morgan fingerprint density at radius 3 is 1.27 bits per heavy atom. The number of hydrogen-bond donors (Lipinski definition) is 0. The van der Waals surface area contributed by atoms with Crippen molar-refractivity contribution in [2.24, 2.45) is 28.6 Å². The van der Waals surface area contributed by atoms with E-state index in [9.17, 15) is 0 Å². The van der Waals surface area contributed by atoms with Crippen molar-refractivity contribution in [2.75, 3.05) is 14.7 Å². The van der Waals surface area contributed by atoms with Gasteiger partial charge in [-0.05, 0) is 201 Å². The second-order valence-electron chi connectivity index (χ2n) is 30.1. The molecule has 0 radical (unpaired) electrons. The Morgan fingerprint density at radius 2 is 0.790 bits per heavy atom. The van der Waals surface area contributed by atoms with Gasteiger partial charge in [0.05, 0.1) is 5.69 Å². The summed E-state index contributed by atoms with van der Waals surface area (Å²) in [6.45, 7) is 14.2. The molecule has 4 aliphatic carbocycles. The van der Waals surface area contributed by atoms with Gasteiger partial charge in [0.15, 0.2) is 0 Å². The molecule has 3 unspecified atom stereocenters. The molecule has 0 fully saturated rings. The highest BCUT2D eigenvalue weighted by atomic mass is 15.2. The van der Waals surface area contributed by atoms with Gasteiger partial charge < -0.3 is 14.7 Å². The van der Waals surface area contributed by atoms with Crippen LogP contribution in [-0.2, 0) is 0 Å². The molecular formula is C96H78BN3. The van der Waals surface area contributed by atoms with Crippen LogP contribution in [-0.4, -0.2) is 6.71 Å². The Balaban J connectivity index is 0.929. The first-order valence-corrected chi connectivity index (χ1v) is 35.7.